The summed E-state index contributed by atoms with van der Waals surface area (Å²) >= 11 is 6.15. The topological polar surface area (TPSA) is 105 Å². The Morgan fingerprint density at radius 3 is 2.26 bits per heavy atom. The van der Waals surface area contributed by atoms with Crippen LogP contribution in [-0.2, 0) is 13.1 Å². The molecule has 10 heteroatoms. The molecule has 3 aromatic rings. The Kier molecular flexibility index (Phi) is 6.04. The molecule has 0 radical (unpaired) electrons. The van der Waals surface area contributed by atoms with Crippen LogP contribution in [-0.4, -0.2) is 59.1 Å². The number of nitrogens with zero attached hydrogens (tertiary/aromatic N) is 6. The van der Waals surface area contributed by atoms with Crippen molar-refractivity contribution in [2.75, 3.05) is 33.5 Å². The van der Waals surface area contributed by atoms with Gasteiger partial charge < -0.3 is 18.5 Å². The van der Waals surface area contributed by atoms with E-state index in [9.17, 15) is 10.5 Å². The van der Waals surface area contributed by atoms with E-state index in [2.05, 4.69) is 21.9 Å². The molecule has 9 nitrogen and oxygen atoms in total. The summed E-state index contributed by atoms with van der Waals surface area (Å²) in [4.78, 5) is 11.5. The quantitative estimate of drug-likeness (QED) is 0.441. The summed E-state index contributed by atoms with van der Waals surface area (Å²) < 4.78 is 16.9. The Bertz CT molecular complexity index is 1460. The van der Waals surface area contributed by atoms with Crippen LogP contribution in [0.2, 0.25) is 0 Å². The number of hydrogen-bond acceptors (Lipinski definition) is 9. The van der Waals surface area contributed by atoms with Crippen molar-refractivity contribution in [3.8, 4) is 17.9 Å². The first-order chi connectivity index (χ1) is 18.5. The molecule has 3 aliphatic heterocycles. The molecule has 2 bridgehead atoms. The molecule has 192 valence electrons. The minimum Gasteiger partial charge on any atom is -0.496 e. The molecule has 1 aromatic carbocycles. The summed E-state index contributed by atoms with van der Waals surface area (Å²) in [6.45, 7) is 2.52. The van der Waals surface area contributed by atoms with Crippen LogP contribution in [0.3, 0.4) is 0 Å². The molecule has 0 N–H and O–H groups in total. The van der Waals surface area contributed by atoms with Crippen LogP contribution in [0, 0.1) is 33.5 Å². The van der Waals surface area contributed by atoms with E-state index in [1.165, 1.54) is 0 Å². The third-order valence-electron chi connectivity index (χ3n) is 7.74. The third-order valence-corrected chi connectivity index (χ3v) is 8.33. The van der Waals surface area contributed by atoms with Crippen LogP contribution in [0.25, 0.3) is 0 Å². The number of fused-ring (bicyclic) bond motifs is 4. The van der Waals surface area contributed by atoms with Gasteiger partial charge in [0.2, 0.25) is 0 Å². The van der Waals surface area contributed by atoms with Gasteiger partial charge in [-0.1, -0.05) is 30.4 Å². The highest BCUT2D eigenvalue weighted by Crippen LogP contribution is 2.59. The lowest BCUT2D eigenvalue weighted by molar-refractivity contribution is 0.0471. The van der Waals surface area contributed by atoms with Gasteiger partial charge in [-0.2, -0.15) is 10.5 Å². The maximum Gasteiger partial charge on any atom is 0.136 e. The van der Waals surface area contributed by atoms with E-state index in [0.29, 0.717) is 56.1 Å². The molecule has 2 saturated heterocycles. The standard InChI is InChI=1S/C28H26N6O3S/c1-35-23-9-3-2-8-22(23)24-27(14-29)16-32(12-20-6-4-10-36-20)17-28(24,15-30)26(38)34-19-33(18-31-25(27)34)13-21-7-5-11-37-21/h2-11,24H,12-13,16-19H2,1H3/t24-,27-,28+/m0/s1. The fourth-order valence-electron chi connectivity index (χ4n) is 6.29. The minimum atomic E-state index is -1.18. The lowest BCUT2D eigenvalue weighted by atomic mass is 9.53. The van der Waals surface area contributed by atoms with Gasteiger partial charge in [-0.05, 0) is 30.3 Å². The Balaban J connectivity index is 1.50. The summed E-state index contributed by atoms with van der Waals surface area (Å²) in [5.41, 5.74) is -1.54. The summed E-state index contributed by atoms with van der Waals surface area (Å²) in [6, 6.07) is 20.4. The second-order valence-corrected chi connectivity index (χ2v) is 10.4. The van der Waals surface area contributed by atoms with E-state index >= 15 is 0 Å². The molecule has 2 fully saturated rings. The van der Waals surface area contributed by atoms with Crippen molar-refractivity contribution in [2.45, 2.75) is 19.0 Å². The number of benzene rings is 1. The van der Waals surface area contributed by atoms with Gasteiger partial charge in [0, 0.05) is 24.6 Å². The second kappa shape index (κ2) is 9.41. The lowest BCUT2D eigenvalue weighted by Gasteiger charge is -2.60. The maximum atomic E-state index is 11.0. The number of furan rings is 2. The van der Waals surface area contributed by atoms with Crippen molar-refractivity contribution in [1.82, 2.24) is 14.7 Å². The zero-order valence-electron chi connectivity index (χ0n) is 20.9. The molecular formula is C28H26N6O3S. The van der Waals surface area contributed by atoms with Crippen LogP contribution < -0.4 is 4.74 Å². The molecule has 3 atom stereocenters. The maximum absolute atomic E-state index is 11.0. The first-order valence-electron chi connectivity index (χ1n) is 12.4. The normalized spacial score (nSPS) is 27.2. The van der Waals surface area contributed by atoms with Crippen molar-refractivity contribution < 1.29 is 13.6 Å². The molecule has 0 aliphatic carbocycles. The third kappa shape index (κ3) is 3.64. The van der Waals surface area contributed by atoms with Crippen LogP contribution in [0.5, 0.6) is 5.75 Å². The van der Waals surface area contributed by atoms with E-state index < -0.39 is 16.7 Å². The van der Waals surface area contributed by atoms with Crippen LogP contribution in [0.15, 0.2) is 74.9 Å². The fraction of sp³-hybridized carbons (Fsp3) is 0.357. The fourth-order valence-corrected chi connectivity index (χ4v) is 6.67. The average molecular weight is 527 g/mol. The highest BCUT2D eigenvalue weighted by molar-refractivity contribution is 7.80. The van der Waals surface area contributed by atoms with E-state index in [4.69, 9.17) is 30.8 Å². The monoisotopic (exact) mass is 526 g/mol. The van der Waals surface area contributed by atoms with E-state index in [0.717, 1.165) is 17.1 Å². The van der Waals surface area contributed by atoms with Crippen LogP contribution in [0.4, 0.5) is 0 Å². The predicted octanol–water partition coefficient (Wildman–Crippen LogP) is 3.97. The molecule has 5 heterocycles. The highest BCUT2D eigenvalue weighted by atomic mass is 32.1. The number of nitriles is 2. The molecule has 3 aliphatic rings. The average Bonchev–Trinajstić information content (AvgIpc) is 3.66. The molecule has 0 saturated carbocycles. The van der Waals surface area contributed by atoms with Gasteiger partial charge in [-0.3, -0.25) is 14.8 Å². The van der Waals surface area contributed by atoms with Crippen LogP contribution in [0.1, 0.15) is 23.0 Å². The van der Waals surface area contributed by atoms with Gasteiger partial charge in [0.15, 0.2) is 0 Å². The van der Waals surface area contributed by atoms with Gasteiger partial charge in [-0.25, -0.2) is 0 Å². The van der Waals surface area contributed by atoms with E-state index in [1.807, 2.05) is 53.4 Å². The van der Waals surface area contributed by atoms with Crippen molar-refractivity contribution in [2.24, 2.45) is 15.8 Å². The molecule has 0 spiro atoms. The molecule has 6 rings (SSSR count). The second-order valence-electron chi connectivity index (χ2n) is 9.97. The van der Waals surface area contributed by atoms with Gasteiger partial charge in [0.05, 0.1) is 58.2 Å². The summed E-state index contributed by atoms with van der Waals surface area (Å²) in [5, 5.41) is 22.0. The number of ether oxygens (including phenoxy) is 1. The first-order valence-corrected chi connectivity index (χ1v) is 12.8. The van der Waals surface area contributed by atoms with Crippen molar-refractivity contribution in [3.63, 3.8) is 0 Å². The largest absolute Gasteiger partial charge is 0.496 e. The Labute approximate surface area is 226 Å². The zero-order chi connectivity index (χ0) is 26.3. The molecule has 2 aromatic heterocycles. The number of piperidine rings is 2. The molecule has 0 amide bonds. The van der Waals surface area contributed by atoms with Gasteiger partial charge >= 0.3 is 0 Å². The molecule has 0 unspecified atom stereocenters. The number of thiocarbonyl (C=S) groups is 1. The number of likely N-dealkylation sites (tertiary alicyclic amines) is 1. The Hall–Kier alpha value is -3.96. The Morgan fingerprint density at radius 1 is 0.974 bits per heavy atom. The molecular weight excluding hydrogens is 500 g/mol. The first kappa shape index (κ1) is 24.4. The van der Waals surface area contributed by atoms with Crippen molar-refractivity contribution >= 4 is 23.0 Å². The summed E-state index contributed by atoms with van der Waals surface area (Å²) in [5.74, 6) is 2.24. The number of para-hydroxylation sites is 1. The summed E-state index contributed by atoms with van der Waals surface area (Å²) in [6.07, 6.45) is 3.27. The van der Waals surface area contributed by atoms with Crippen LogP contribution >= 0.6 is 12.2 Å². The number of amidine groups is 1. The highest BCUT2D eigenvalue weighted by Gasteiger charge is 2.68. The predicted molar refractivity (Wildman–Crippen MR) is 142 cm³/mol. The number of rotatable bonds is 6. The lowest BCUT2D eigenvalue weighted by Crippen LogP contribution is -2.73. The van der Waals surface area contributed by atoms with Gasteiger partial charge in [-0.15, -0.1) is 0 Å². The number of aliphatic imine (C=N–C) groups is 1. The van der Waals surface area contributed by atoms with Crippen molar-refractivity contribution in [1.29, 1.82) is 10.5 Å². The SMILES string of the molecule is COc1ccccc1[C@@H]1[C@@]2(C#N)CN(Cc3ccco3)C[C@]1(C#N)C1=NCN(Cc3ccco3)CN1C2=S. The summed E-state index contributed by atoms with van der Waals surface area (Å²) in [7, 11) is 1.61. The smallest absolute Gasteiger partial charge is 0.136 e. The van der Waals surface area contributed by atoms with E-state index in [-0.39, 0.29) is 0 Å². The minimum absolute atomic E-state index is 0.344. The number of hydrogen-bond donors (Lipinski definition) is 0. The number of methoxy groups -OCH3 is 1. The molecule has 38 heavy (non-hydrogen) atoms. The van der Waals surface area contributed by atoms with Gasteiger partial charge in [0.1, 0.15) is 38.9 Å². The van der Waals surface area contributed by atoms with Gasteiger partial charge in [0.25, 0.3) is 0 Å². The zero-order valence-corrected chi connectivity index (χ0v) is 21.7. The van der Waals surface area contributed by atoms with Crippen molar-refractivity contribution in [3.05, 3.63) is 78.1 Å². The van der Waals surface area contributed by atoms with E-state index in [1.54, 1.807) is 19.6 Å². The Morgan fingerprint density at radius 2 is 1.63 bits per heavy atom.